The normalized spacial score (nSPS) is 15.9. The minimum Gasteiger partial charge on any atom is -0.475 e. The summed E-state index contributed by atoms with van der Waals surface area (Å²) in [6, 6.07) is 9.58. The molecule has 166 valence electrons. The molecule has 1 aliphatic rings. The number of nitrogens with one attached hydrogen (secondary N) is 1. The average molecular weight is 439 g/mol. The smallest absolute Gasteiger partial charge is 0.475 e. The molecule has 3 N–H and O–H groups in total. The highest BCUT2D eigenvalue weighted by molar-refractivity contribution is 5.75. The lowest BCUT2D eigenvalue weighted by Gasteiger charge is -2.32. The molecular formula is C19H20F3N5O4. The maximum Gasteiger partial charge on any atom is 0.490 e. The van der Waals surface area contributed by atoms with E-state index in [1.807, 2.05) is 30.3 Å². The van der Waals surface area contributed by atoms with Crippen LogP contribution in [-0.2, 0) is 11.3 Å². The van der Waals surface area contributed by atoms with Gasteiger partial charge in [-0.2, -0.15) is 18.3 Å². The van der Waals surface area contributed by atoms with Crippen molar-refractivity contribution in [3.8, 4) is 5.69 Å². The van der Waals surface area contributed by atoms with Crippen LogP contribution in [0.1, 0.15) is 12.8 Å². The molecule has 0 bridgehead atoms. The van der Waals surface area contributed by atoms with Gasteiger partial charge in [-0.15, -0.1) is 0 Å². The van der Waals surface area contributed by atoms with Crippen molar-refractivity contribution >= 4 is 17.0 Å². The second-order valence-electron chi connectivity index (χ2n) is 7.08. The summed E-state index contributed by atoms with van der Waals surface area (Å²) in [5.41, 5.74) is 0.350. The first-order valence-electron chi connectivity index (χ1n) is 9.32. The Balaban J connectivity index is 0.000000339. The third-order valence-corrected chi connectivity index (χ3v) is 4.80. The predicted molar refractivity (Wildman–Crippen MR) is 104 cm³/mol. The summed E-state index contributed by atoms with van der Waals surface area (Å²) in [6.07, 6.45) is -0.784. The van der Waals surface area contributed by atoms with E-state index in [1.54, 1.807) is 10.9 Å². The zero-order chi connectivity index (χ0) is 22.6. The van der Waals surface area contributed by atoms with Crippen molar-refractivity contribution in [3.05, 3.63) is 53.2 Å². The first-order valence-corrected chi connectivity index (χ1v) is 9.32. The number of carboxylic acids is 1. The highest BCUT2D eigenvalue weighted by atomic mass is 19.4. The molecule has 1 fully saturated rings. The van der Waals surface area contributed by atoms with Gasteiger partial charge < -0.3 is 15.5 Å². The molecule has 1 aromatic carbocycles. The maximum absolute atomic E-state index is 12.7. The molecule has 0 atom stereocenters. The van der Waals surface area contributed by atoms with E-state index in [0.29, 0.717) is 23.9 Å². The van der Waals surface area contributed by atoms with Crippen molar-refractivity contribution in [2.75, 3.05) is 13.1 Å². The van der Waals surface area contributed by atoms with Crippen molar-refractivity contribution < 1.29 is 28.2 Å². The summed E-state index contributed by atoms with van der Waals surface area (Å²) in [5.74, 6) is -2.76. The topological polar surface area (TPSA) is 122 Å². The number of piperidine rings is 1. The maximum atomic E-state index is 12.7. The van der Waals surface area contributed by atoms with Gasteiger partial charge in [-0.25, -0.2) is 14.5 Å². The van der Waals surface area contributed by atoms with Crippen LogP contribution in [0.4, 0.5) is 13.2 Å². The van der Waals surface area contributed by atoms with Crippen molar-refractivity contribution in [1.82, 2.24) is 24.6 Å². The number of alkyl halides is 3. The number of nitrogens with zero attached hydrogens (tertiary/aromatic N) is 4. The van der Waals surface area contributed by atoms with E-state index in [1.165, 1.54) is 10.9 Å². The molecule has 4 rings (SSSR count). The molecule has 1 aliphatic heterocycles. The summed E-state index contributed by atoms with van der Waals surface area (Å²) >= 11 is 0. The summed E-state index contributed by atoms with van der Waals surface area (Å²) in [7, 11) is 0. The van der Waals surface area contributed by atoms with E-state index in [-0.39, 0.29) is 12.1 Å². The molecule has 9 nitrogen and oxygen atoms in total. The Morgan fingerprint density at radius 1 is 1.19 bits per heavy atom. The van der Waals surface area contributed by atoms with E-state index < -0.39 is 17.7 Å². The van der Waals surface area contributed by atoms with E-state index in [0.717, 1.165) is 18.8 Å². The Hall–Kier alpha value is -3.25. The molecule has 2 aromatic heterocycles. The highest BCUT2D eigenvalue weighted by Gasteiger charge is 2.38. The molecule has 0 radical (unpaired) electrons. The second-order valence-corrected chi connectivity index (χ2v) is 7.08. The molecule has 3 aromatic rings. The van der Waals surface area contributed by atoms with Crippen LogP contribution in [0.2, 0.25) is 0 Å². The van der Waals surface area contributed by atoms with Crippen LogP contribution in [0, 0.1) is 0 Å². The minimum absolute atomic E-state index is 0.172. The number of carboxylic acid groups (broad SMARTS) is 1. The van der Waals surface area contributed by atoms with E-state index in [4.69, 9.17) is 9.90 Å². The van der Waals surface area contributed by atoms with Gasteiger partial charge in [0.25, 0.3) is 5.56 Å². The number of hydrogen-bond donors (Lipinski definition) is 3. The zero-order valence-electron chi connectivity index (χ0n) is 16.2. The summed E-state index contributed by atoms with van der Waals surface area (Å²) in [5, 5.41) is 25.8. The van der Waals surface area contributed by atoms with Crippen molar-refractivity contribution in [2.45, 2.75) is 31.2 Å². The van der Waals surface area contributed by atoms with Crippen LogP contribution in [-0.4, -0.2) is 60.4 Å². The number of rotatable bonds is 3. The standard InChI is InChI=1S/C17H19N5O2.C2HF3O2/c23-16-14-10-20-22(13-4-2-1-3-5-13)15(14)19-12-21(16)11-17(24)6-8-18-9-7-17;3-2(4,5)1(6)7/h1-5,10,12,18,24H,6-9,11H2;(H,6,7). The Bertz CT molecular complexity index is 1110. The largest absolute Gasteiger partial charge is 0.490 e. The second kappa shape index (κ2) is 8.86. The zero-order valence-corrected chi connectivity index (χ0v) is 16.2. The molecule has 3 heterocycles. The van der Waals surface area contributed by atoms with Crippen molar-refractivity contribution in [3.63, 3.8) is 0 Å². The lowest BCUT2D eigenvalue weighted by Crippen LogP contribution is -2.46. The lowest BCUT2D eigenvalue weighted by molar-refractivity contribution is -0.192. The van der Waals surface area contributed by atoms with Gasteiger partial charge >= 0.3 is 12.1 Å². The first kappa shape index (κ1) is 22.4. The third kappa shape index (κ3) is 5.27. The SMILES string of the molecule is O=C(O)C(F)(F)F.O=c1c2cnn(-c3ccccc3)c2ncn1CC1(O)CCNCC1. The number of hydrogen-bond acceptors (Lipinski definition) is 6. The average Bonchev–Trinajstić information content (AvgIpc) is 3.16. The molecule has 0 unspecified atom stereocenters. The van der Waals surface area contributed by atoms with Gasteiger partial charge in [-0.3, -0.25) is 9.36 Å². The van der Waals surface area contributed by atoms with Gasteiger partial charge in [-0.1, -0.05) is 18.2 Å². The quantitative estimate of drug-likeness (QED) is 0.563. The van der Waals surface area contributed by atoms with E-state index in [9.17, 15) is 23.1 Å². The number of aromatic nitrogens is 4. The molecule has 31 heavy (non-hydrogen) atoms. The van der Waals surface area contributed by atoms with Crippen LogP contribution in [0.3, 0.4) is 0 Å². The molecular weight excluding hydrogens is 419 g/mol. The number of para-hydroxylation sites is 1. The third-order valence-electron chi connectivity index (χ3n) is 4.80. The highest BCUT2D eigenvalue weighted by Crippen LogP contribution is 2.20. The number of carbonyl (C=O) groups is 1. The number of aliphatic carboxylic acids is 1. The summed E-state index contributed by atoms with van der Waals surface area (Å²) in [6.45, 7) is 1.77. The lowest BCUT2D eigenvalue weighted by atomic mass is 9.92. The van der Waals surface area contributed by atoms with Crippen LogP contribution >= 0.6 is 0 Å². The number of aliphatic hydroxyl groups is 1. The fourth-order valence-electron chi connectivity index (χ4n) is 3.19. The number of halogens is 3. The number of fused-ring (bicyclic) bond motifs is 1. The Labute approximate surface area is 173 Å². The fourth-order valence-corrected chi connectivity index (χ4v) is 3.19. The first-order chi connectivity index (χ1) is 14.6. The molecule has 0 spiro atoms. The van der Waals surface area contributed by atoms with Gasteiger partial charge in [0, 0.05) is 0 Å². The van der Waals surface area contributed by atoms with Crippen LogP contribution in [0.15, 0.2) is 47.7 Å². The van der Waals surface area contributed by atoms with Gasteiger partial charge in [0.15, 0.2) is 5.65 Å². The minimum atomic E-state index is -5.08. The van der Waals surface area contributed by atoms with Crippen molar-refractivity contribution in [2.24, 2.45) is 0 Å². The van der Waals surface area contributed by atoms with Gasteiger partial charge in [0.1, 0.15) is 11.7 Å². The molecule has 12 heteroatoms. The van der Waals surface area contributed by atoms with Crippen LogP contribution in [0.25, 0.3) is 16.7 Å². The van der Waals surface area contributed by atoms with Gasteiger partial charge in [-0.05, 0) is 38.1 Å². The molecule has 0 amide bonds. The van der Waals surface area contributed by atoms with Crippen molar-refractivity contribution in [1.29, 1.82) is 0 Å². The van der Waals surface area contributed by atoms with E-state index in [2.05, 4.69) is 15.4 Å². The molecule has 0 saturated carbocycles. The van der Waals surface area contributed by atoms with Crippen LogP contribution < -0.4 is 10.9 Å². The molecule has 1 saturated heterocycles. The van der Waals surface area contributed by atoms with Crippen LogP contribution in [0.5, 0.6) is 0 Å². The Morgan fingerprint density at radius 3 is 2.39 bits per heavy atom. The van der Waals surface area contributed by atoms with E-state index >= 15 is 0 Å². The predicted octanol–water partition coefficient (Wildman–Crippen LogP) is 1.33. The Kier molecular flexibility index (Phi) is 6.41. The van der Waals surface area contributed by atoms with Gasteiger partial charge in [0.05, 0.1) is 24.0 Å². The monoisotopic (exact) mass is 439 g/mol. The Morgan fingerprint density at radius 2 is 1.81 bits per heavy atom. The molecule has 0 aliphatic carbocycles. The summed E-state index contributed by atoms with van der Waals surface area (Å²) in [4.78, 5) is 26.0. The fraction of sp³-hybridized carbons (Fsp3) is 0.368. The van der Waals surface area contributed by atoms with Gasteiger partial charge in [0.2, 0.25) is 0 Å². The summed E-state index contributed by atoms with van der Waals surface area (Å²) < 4.78 is 34.9. The number of benzene rings is 1.